The van der Waals surface area contributed by atoms with Crippen molar-refractivity contribution < 1.29 is 0 Å². The van der Waals surface area contributed by atoms with Gasteiger partial charge in [0.25, 0.3) is 0 Å². The van der Waals surface area contributed by atoms with Gasteiger partial charge in [0.15, 0.2) is 5.11 Å². The Kier molecular flexibility index (Phi) is 2.78. The van der Waals surface area contributed by atoms with Gasteiger partial charge in [-0.05, 0) is 30.4 Å². The molecule has 2 aromatic rings. The second-order valence-electron chi connectivity index (χ2n) is 3.63. The second kappa shape index (κ2) is 4.09. The van der Waals surface area contributed by atoms with Gasteiger partial charge in [-0.1, -0.05) is 6.92 Å². The van der Waals surface area contributed by atoms with Gasteiger partial charge < -0.3 is 15.6 Å². The lowest BCUT2D eigenvalue weighted by molar-refractivity contribution is 0.829. The molecule has 0 fully saturated rings. The van der Waals surface area contributed by atoms with E-state index in [0.29, 0.717) is 0 Å². The predicted octanol–water partition coefficient (Wildman–Crippen LogP) is 1.79. The van der Waals surface area contributed by atoms with Crippen LogP contribution in [-0.2, 0) is 13.5 Å². The molecular weight excluding hydrogens is 220 g/mol. The van der Waals surface area contributed by atoms with Gasteiger partial charge in [-0.15, -0.1) is 0 Å². The van der Waals surface area contributed by atoms with Crippen molar-refractivity contribution in [1.82, 2.24) is 9.55 Å². The number of nitrogens with two attached hydrogens (primary N) is 1. The van der Waals surface area contributed by atoms with Crippen LogP contribution in [0.4, 0.5) is 5.69 Å². The SMILES string of the molecule is CCc1nc2cc(NC(N)=S)ccc2n1C. The number of imidazole rings is 1. The summed E-state index contributed by atoms with van der Waals surface area (Å²) in [6.07, 6.45) is 0.920. The predicted molar refractivity (Wildman–Crippen MR) is 70.5 cm³/mol. The van der Waals surface area contributed by atoms with Gasteiger partial charge in [0.1, 0.15) is 5.82 Å². The first-order chi connectivity index (χ1) is 7.61. The molecule has 84 valence electrons. The van der Waals surface area contributed by atoms with Crippen LogP contribution in [0.3, 0.4) is 0 Å². The smallest absolute Gasteiger partial charge is 0.168 e. The van der Waals surface area contributed by atoms with Crippen LogP contribution in [0.2, 0.25) is 0 Å². The fourth-order valence-electron chi connectivity index (χ4n) is 1.79. The van der Waals surface area contributed by atoms with Crippen molar-refractivity contribution in [2.45, 2.75) is 13.3 Å². The minimum Gasteiger partial charge on any atom is -0.376 e. The minimum atomic E-state index is 0.269. The molecule has 2 rings (SSSR count). The standard InChI is InChI=1S/C11H14N4S/c1-3-10-14-8-6-7(13-11(12)16)4-5-9(8)15(10)2/h4-6H,3H2,1-2H3,(H3,12,13,16). The summed E-state index contributed by atoms with van der Waals surface area (Å²) in [4.78, 5) is 4.54. The molecule has 0 radical (unpaired) electrons. The van der Waals surface area contributed by atoms with Crippen molar-refractivity contribution in [1.29, 1.82) is 0 Å². The van der Waals surface area contributed by atoms with Crippen LogP contribution in [0.25, 0.3) is 11.0 Å². The Morgan fingerprint density at radius 1 is 1.56 bits per heavy atom. The summed E-state index contributed by atoms with van der Waals surface area (Å²) < 4.78 is 2.10. The number of rotatable bonds is 2. The summed E-state index contributed by atoms with van der Waals surface area (Å²) in [6.45, 7) is 2.09. The summed E-state index contributed by atoms with van der Waals surface area (Å²) in [7, 11) is 2.02. The zero-order chi connectivity index (χ0) is 11.7. The fraction of sp³-hybridized carbons (Fsp3) is 0.273. The van der Waals surface area contributed by atoms with E-state index >= 15 is 0 Å². The number of nitrogens with zero attached hydrogens (tertiary/aromatic N) is 2. The first-order valence-electron chi connectivity index (χ1n) is 5.13. The molecule has 0 aliphatic carbocycles. The molecule has 16 heavy (non-hydrogen) atoms. The lowest BCUT2D eigenvalue weighted by Gasteiger charge is -2.03. The molecular formula is C11H14N4S. The number of hydrogen-bond donors (Lipinski definition) is 2. The molecule has 1 aromatic carbocycles. The van der Waals surface area contributed by atoms with Gasteiger partial charge in [-0.2, -0.15) is 0 Å². The molecule has 0 saturated heterocycles. The Labute approximate surface area is 99.5 Å². The summed E-state index contributed by atoms with van der Waals surface area (Å²) >= 11 is 4.80. The molecule has 1 aromatic heterocycles. The largest absolute Gasteiger partial charge is 0.376 e. The van der Waals surface area contributed by atoms with E-state index in [1.807, 2.05) is 25.2 Å². The molecule has 0 aliphatic rings. The van der Waals surface area contributed by atoms with Crippen LogP contribution in [-0.4, -0.2) is 14.7 Å². The molecule has 0 atom stereocenters. The summed E-state index contributed by atoms with van der Waals surface area (Å²) in [5, 5.41) is 3.17. The number of hydrogen-bond acceptors (Lipinski definition) is 2. The maximum atomic E-state index is 5.42. The van der Waals surface area contributed by atoms with E-state index in [0.717, 1.165) is 29.0 Å². The van der Waals surface area contributed by atoms with Gasteiger partial charge in [-0.25, -0.2) is 4.98 Å². The Morgan fingerprint density at radius 3 is 2.94 bits per heavy atom. The quantitative estimate of drug-likeness (QED) is 0.778. The molecule has 0 bridgehead atoms. The number of aryl methyl sites for hydroxylation is 2. The van der Waals surface area contributed by atoms with E-state index in [1.165, 1.54) is 0 Å². The van der Waals surface area contributed by atoms with Gasteiger partial charge >= 0.3 is 0 Å². The van der Waals surface area contributed by atoms with Crippen molar-refractivity contribution in [3.8, 4) is 0 Å². The Hall–Kier alpha value is -1.62. The lowest BCUT2D eigenvalue weighted by atomic mass is 10.3. The van der Waals surface area contributed by atoms with Crippen LogP contribution >= 0.6 is 12.2 Å². The zero-order valence-electron chi connectivity index (χ0n) is 9.32. The number of fused-ring (bicyclic) bond motifs is 1. The van der Waals surface area contributed by atoms with Crippen molar-refractivity contribution in [3.63, 3.8) is 0 Å². The zero-order valence-corrected chi connectivity index (χ0v) is 10.1. The van der Waals surface area contributed by atoms with Crippen LogP contribution < -0.4 is 11.1 Å². The van der Waals surface area contributed by atoms with Crippen LogP contribution in [0.5, 0.6) is 0 Å². The molecule has 0 spiro atoms. The van der Waals surface area contributed by atoms with Gasteiger partial charge in [0.05, 0.1) is 11.0 Å². The highest BCUT2D eigenvalue weighted by Crippen LogP contribution is 2.19. The molecule has 0 amide bonds. The maximum absolute atomic E-state index is 5.42. The summed E-state index contributed by atoms with van der Waals surface area (Å²) in [5.74, 6) is 1.07. The van der Waals surface area contributed by atoms with Crippen LogP contribution in [0, 0.1) is 0 Å². The van der Waals surface area contributed by atoms with Gasteiger partial charge in [0.2, 0.25) is 0 Å². The van der Waals surface area contributed by atoms with E-state index in [2.05, 4.69) is 21.8 Å². The van der Waals surface area contributed by atoms with Crippen molar-refractivity contribution in [2.24, 2.45) is 12.8 Å². The highest BCUT2D eigenvalue weighted by atomic mass is 32.1. The Balaban J connectivity index is 2.50. The Morgan fingerprint density at radius 2 is 2.31 bits per heavy atom. The van der Waals surface area contributed by atoms with E-state index in [9.17, 15) is 0 Å². The molecule has 0 saturated carbocycles. The number of nitrogens with one attached hydrogen (secondary N) is 1. The van der Waals surface area contributed by atoms with Gasteiger partial charge in [0, 0.05) is 19.2 Å². The van der Waals surface area contributed by atoms with E-state index in [1.54, 1.807) is 0 Å². The Bertz CT molecular complexity index is 544. The average molecular weight is 234 g/mol. The van der Waals surface area contributed by atoms with Crippen molar-refractivity contribution >= 4 is 34.1 Å². The van der Waals surface area contributed by atoms with E-state index < -0.39 is 0 Å². The number of anilines is 1. The van der Waals surface area contributed by atoms with Crippen molar-refractivity contribution in [3.05, 3.63) is 24.0 Å². The molecule has 0 aliphatic heterocycles. The minimum absolute atomic E-state index is 0.269. The average Bonchev–Trinajstić information content (AvgIpc) is 2.54. The third kappa shape index (κ3) is 1.86. The molecule has 5 heteroatoms. The fourth-order valence-corrected chi connectivity index (χ4v) is 1.90. The van der Waals surface area contributed by atoms with Crippen molar-refractivity contribution in [2.75, 3.05) is 5.32 Å². The number of thiocarbonyl (C=S) groups is 1. The highest BCUT2D eigenvalue weighted by Gasteiger charge is 2.06. The van der Waals surface area contributed by atoms with E-state index in [4.69, 9.17) is 18.0 Å². The van der Waals surface area contributed by atoms with E-state index in [-0.39, 0.29) is 5.11 Å². The topological polar surface area (TPSA) is 55.9 Å². The molecule has 0 unspecified atom stereocenters. The third-order valence-corrected chi connectivity index (χ3v) is 2.66. The third-order valence-electron chi connectivity index (χ3n) is 2.56. The highest BCUT2D eigenvalue weighted by molar-refractivity contribution is 7.80. The normalized spacial score (nSPS) is 10.6. The first-order valence-corrected chi connectivity index (χ1v) is 5.54. The second-order valence-corrected chi connectivity index (χ2v) is 4.07. The maximum Gasteiger partial charge on any atom is 0.168 e. The molecule has 4 nitrogen and oxygen atoms in total. The monoisotopic (exact) mass is 234 g/mol. The van der Waals surface area contributed by atoms with Crippen LogP contribution in [0.15, 0.2) is 18.2 Å². The summed E-state index contributed by atoms with van der Waals surface area (Å²) in [6, 6.07) is 5.92. The number of aromatic nitrogens is 2. The van der Waals surface area contributed by atoms with Crippen LogP contribution in [0.1, 0.15) is 12.7 Å². The first kappa shape index (κ1) is 10.9. The molecule has 3 N–H and O–H groups in total. The lowest BCUT2D eigenvalue weighted by Crippen LogP contribution is -2.18. The number of benzene rings is 1. The van der Waals surface area contributed by atoms with Gasteiger partial charge in [-0.3, -0.25) is 0 Å². The molecule has 1 heterocycles. The summed E-state index contributed by atoms with van der Waals surface area (Å²) in [5.41, 5.74) is 8.38.